The molecule has 0 N–H and O–H groups in total. The molecule has 1 heterocycles. The van der Waals surface area contributed by atoms with Gasteiger partial charge in [-0.2, -0.15) is 0 Å². The first-order valence-corrected chi connectivity index (χ1v) is 8.85. The Bertz CT molecular complexity index is 804. The average Bonchev–Trinajstić information content (AvgIpc) is 2.72. The summed E-state index contributed by atoms with van der Waals surface area (Å²) < 4.78 is 0. The van der Waals surface area contributed by atoms with E-state index in [4.69, 9.17) is 4.84 Å². The monoisotopic (exact) mass is 411 g/mol. The highest BCUT2D eigenvalue weighted by Gasteiger charge is 2.28. The van der Waals surface area contributed by atoms with Gasteiger partial charge in [-0.1, -0.05) is 0 Å². The first-order valence-electron chi connectivity index (χ1n) is 8.85. The number of benzene rings is 1. The van der Waals surface area contributed by atoms with Crippen LogP contribution >= 0.6 is 0 Å². The van der Waals surface area contributed by atoms with Crippen molar-refractivity contribution in [2.45, 2.75) is 13.8 Å². The molecule has 1 saturated heterocycles. The number of rotatable bonds is 7. The maximum absolute atomic E-state index is 12.3. The molecule has 1 aromatic carbocycles. The summed E-state index contributed by atoms with van der Waals surface area (Å²) in [4.78, 5) is 40.7. The lowest BCUT2D eigenvalue weighted by atomic mass is 10.2. The van der Waals surface area contributed by atoms with Gasteiger partial charge in [0, 0.05) is 32.2 Å². The van der Waals surface area contributed by atoms with Gasteiger partial charge in [0.25, 0.3) is 5.69 Å². The van der Waals surface area contributed by atoms with Gasteiger partial charge in [-0.15, -0.1) is 5.01 Å². The summed E-state index contributed by atoms with van der Waals surface area (Å²) in [5.41, 5.74) is -1.18. The van der Waals surface area contributed by atoms with Crippen molar-refractivity contribution < 1.29 is 24.4 Å². The van der Waals surface area contributed by atoms with Crippen LogP contribution in [0.15, 0.2) is 23.5 Å². The van der Waals surface area contributed by atoms with Gasteiger partial charge < -0.3 is 15.0 Å². The van der Waals surface area contributed by atoms with Crippen LogP contribution in [0.25, 0.3) is 0 Å². The molecule has 0 aliphatic carbocycles. The van der Waals surface area contributed by atoms with Gasteiger partial charge in [-0.05, 0) is 19.9 Å². The van der Waals surface area contributed by atoms with Gasteiger partial charge in [-0.25, -0.2) is 4.79 Å². The van der Waals surface area contributed by atoms with Gasteiger partial charge in [-0.3, -0.25) is 25.1 Å². The lowest BCUT2D eigenvalue weighted by Gasteiger charge is -2.34. The SMILES string of the molecule is CCN(CC)C(=O)N1CCN(/[N+]([O-])=N\Oc2ccc([N+](=O)[O-])cc2[N+](=O)[O-])CC1. The van der Waals surface area contributed by atoms with E-state index in [-0.39, 0.29) is 24.1 Å². The van der Waals surface area contributed by atoms with E-state index in [0.717, 1.165) is 18.2 Å². The Hall–Kier alpha value is -3.71. The van der Waals surface area contributed by atoms with Crippen molar-refractivity contribution in [1.29, 1.82) is 0 Å². The molecule has 0 spiro atoms. The number of nitro benzene ring substituents is 2. The Labute approximate surface area is 165 Å². The summed E-state index contributed by atoms with van der Waals surface area (Å²) in [6.45, 7) is 5.94. The molecule has 0 radical (unpaired) electrons. The highest BCUT2D eigenvalue weighted by molar-refractivity contribution is 5.74. The second-order valence-corrected chi connectivity index (χ2v) is 5.99. The topological polar surface area (TPSA) is 161 Å². The Morgan fingerprint density at radius 1 is 1.10 bits per heavy atom. The number of piperazine rings is 1. The van der Waals surface area contributed by atoms with Crippen LogP contribution in [0.4, 0.5) is 16.2 Å². The summed E-state index contributed by atoms with van der Waals surface area (Å²) in [6, 6.07) is 2.61. The quantitative estimate of drug-likeness (QED) is 0.284. The molecule has 2 amide bonds. The molecule has 1 aliphatic heterocycles. The fourth-order valence-corrected chi connectivity index (χ4v) is 2.72. The highest BCUT2D eigenvalue weighted by atomic mass is 16.7. The highest BCUT2D eigenvalue weighted by Crippen LogP contribution is 2.31. The van der Waals surface area contributed by atoms with Gasteiger partial charge in [0.05, 0.1) is 34.0 Å². The van der Waals surface area contributed by atoms with E-state index in [1.165, 1.54) is 5.01 Å². The number of hydrogen-bond acceptors (Lipinski definition) is 8. The molecule has 29 heavy (non-hydrogen) atoms. The number of carbonyl (C=O) groups is 1. The minimum absolute atomic E-state index is 0.109. The molecule has 0 atom stereocenters. The molecule has 1 aliphatic rings. The number of nitrogens with zero attached hydrogens (tertiary/aromatic N) is 7. The van der Waals surface area contributed by atoms with Gasteiger partial charge in [0.1, 0.15) is 0 Å². The van der Waals surface area contributed by atoms with Crippen LogP contribution in [0, 0.1) is 25.4 Å². The summed E-state index contributed by atoms with van der Waals surface area (Å²) in [6.07, 6.45) is 0. The van der Waals surface area contributed by atoms with E-state index in [1.807, 2.05) is 13.8 Å². The lowest BCUT2D eigenvalue weighted by Crippen LogP contribution is -2.54. The first kappa shape index (κ1) is 21.6. The maximum Gasteiger partial charge on any atom is 0.321 e. The second kappa shape index (κ2) is 9.48. The van der Waals surface area contributed by atoms with E-state index < -0.39 is 27.0 Å². The zero-order valence-electron chi connectivity index (χ0n) is 16.0. The minimum Gasteiger partial charge on any atom is -0.569 e. The predicted octanol–water partition coefficient (Wildman–Crippen LogP) is 1.75. The molecule has 0 bridgehead atoms. The number of urea groups is 1. The molecule has 0 unspecified atom stereocenters. The Morgan fingerprint density at radius 3 is 2.24 bits per heavy atom. The lowest BCUT2D eigenvalue weighted by molar-refractivity contribution is -0.708. The third kappa shape index (κ3) is 5.18. The zero-order valence-corrected chi connectivity index (χ0v) is 16.0. The molecule has 0 aromatic heterocycles. The maximum atomic E-state index is 12.3. The molecular formula is C15H21N7O7. The molecule has 0 saturated carbocycles. The first-order chi connectivity index (χ1) is 13.8. The van der Waals surface area contributed by atoms with Gasteiger partial charge in [0.2, 0.25) is 11.0 Å². The van der Waals surface area contributed by atoms with Crippen LogP contribution in [-0.4, -0.2) is 74.9 Å². The van der Waals surface area contributed by atoms with E-state index in [0.29, 0.717) is 26.2 Å². The number of hydrogen-bond donors (Lipinski definition) is 0. The molecule has 158 valence electrons. The molecule has 2 rings (SSSR count). The van der Waals surface area contributed by atoms with Crippen molar-refractivity contribution in [3.8, 4) is 5.75 Å². The summed E-state index contributed by atoms with van der Waals surface area (Å²) in [5, 5.41) is 38.5. The fraction of sp³-hybridized carbons (Fsp3) is 0.533. The van der Waals surface area contributed by atoms with Crippen LogP contribution in [0.5, 0.6) is 5.75 Å². The van der Waals surface area contributed by atoms with Crippen molar-refractivity contribution in [2.75, 3.05) is 39.3 Å². The Morgan fingerprint density at radius 2 is 1.72 bits per heavy atom. The van der Waals surface area contributed by atoms with Crippen LogP contribution in [0.1, 0.15) is 13.8 Å². The average molecular weight is 411 g/mol. The number of carbonyl (C=O) groups excluding carboxylic acids is 1. The second-order valence-electron chi connectivity index (χ2n) is 5.99. The largest absolute Gasteiger partial charge is 0.569 e. The van der Waals surface area contributed by atoms with Crippen LogP contribution < -0.4 is 4.84 Å². The number of amides is 2. The van der Waals surface area contributed by atoms with Crippen molar-refractivity contribution in [2.24, 2.45) is 5.28 Å². The third-order valence-corrected chi connectivity index (χ3v) is 4.36. The van der Waals surface area contributed by atoms with Crippen molar-refractivity contribution in [1.82, 2.24) is 14.8 Å². The Kier molecular flexibility index (Phi) is 7.05. The summed E-state index contributed by atoms with van der Waals surface area (Å²) >= 11 is 0. The molecule has 1 aromatic rings. The fourth-order valence-electron chi connectivity index (χ4n) is 2.72. The number of hydrazine groups is 1. The van der Waals surface area contributed by atoms with Gasteiger partial charge >= 0.3 is 11.7 Å². The van der Waals surface area contributed by atoms with Crippen molar-refractivity contribution in [3.63, 3.8) is 0 Å². The van der Waals surface area contributed by atoms with Crippen LogP contribution in [-0.2, 0) is 0 Å². The Balaban J connectivity index is 2.02. The summed E-state index contributed by atoms with van der Waals surface area (Å²) in [5.74, 6) is -0.406. The van der Waals surface area contributed by atoms with E-state index in [2.05, 4.69) is 5.28 Å². The van der Waals surface area contributed by atoms with Crippen LogP contribution in [0.2, 0.25) is 0 Å². The van der Waals surface area contributed by atoms with Gasteiger partial charge in [0.15, 0.2) is 0 Å². The molecular weight excluding hydrogens is 390 g/mol. The van der Waals surface area contributed by atoms with Crippen molar-refractivity contribution in [3.05, 3.63) is 43.6 Å². The number of non-ortho nitro benzene ring substituents is 1. The van der Waals surface area contributed by atoms with E-state index in [1.54, 1.807) is 9.80 Å². The van der Waals surface area contributed by atoms with Crippen LogP contribution in [0.3, 0.4) is 0 Å². The molecule has 14 nitrogen and oxygen atoms in total. The van der Waals surface area contributed by atoms with E-state index in [9.17, 15) is 30.2 Å². The van der Waals surface area contributed by atoms with Crippen molar-refractivity contribution >= 4 is 17.4 Å². The zero-order chi connectivity index (χ0) is 21.6. The molecule has 1 fully saturated rings. The molecule has 14 heteroatoms. The standard InChI is InChI=1S/C15H21N7O7/c1-3-17(4-2)15(23)18-7-9-19(10-8-18)22(28)16-29-14-6-5-12(20(24)25)11-13(14)21(26)27/h5-6,11H,3-4,7-10H2,1-2H3/b22-16+. The smallest absolute Gasteiger partial charge is 0.321 e. The number of nitro groups is 2. The van der Waals surface area contributed by atoms with E-state index >= 15 is 0 Å². The minimum atomic E-state index is -0.870. The third-order valence-electron chi connectivity index (χ3n) is 4.36. The predicted molar refractivity (Wildman–Crippen MR) is 97.9 cm³/mol. The summed E-state index contributed by atoms with van der Waals surface area (Å²) in [7, 11) is 0. The normalized spacial score (nSPS) is 14.5.